The average Bonchev–Trinajstić information content (AvgIpc) is 2.72. The van der Waals surface area contributed by atoms with Gasteiger partial charge in [0.05, 0.1) is 11.4 Å². The van der Waals surface area contributed by atoms with Gasteiger partial charge in [-0.25, -0.2) is 4.68 Å². The highest BCUT2D eigenvalue weighted by atomic mass is 16.1. The van der Waals surface area contributed by atoms with Gasteiger partial charge in [-0.15, -0.1) is 5.10 Å². The number of nitrogens with zero attached hydrogens (tertiary/aromatic N) is 3. The van der Waals surface area contributed by atoms with E-state index in [1.165, 1.54) is 0 Å². The zero-order valence-corrected chi connectivity index (χ0v) is 11.1. The summed E-state index contributed by atoms with van der Waals surface area (Å²) in [6.07, 6.45) is 0.764. The van der Waals surface area contributed by atoms with Crippen LogP contribution in [0.4, 0.5) is 0 Å². The third kappa shape index (κ3) is 2.18. The molecule has 1 aromatic heterocycles. The van der Waals surface area contributed by atoms with Crippen molar-refractivity contribution in [1.29, 1.82) is 0 Å². The zero-order chi connectivity index (χ0) is 13.3. The normalized spacial score (nSPS) is 11.6. The first kappa shape index (κ1) is 12.5. The minimum Gasteiger partial charge on any atom is -0.296 e. The predicted octanol–water partition coefficient (Wildman–Crippen LogP) is 2.69. The molecule has 0 spiro atoms. The summed E-state index contributed by atoms with van der Waals surface area (Å²) in [5, 5.41) is 8.05. The van der Waals surface area contributed by atoms with Crippen molar-refractivity contribution < 1.29 is 4.79 Å². The van der Waals surface area contributed by atoms with Gasteiger partial charge in [0, 0.05) is 5.41 Å². The van der Waals surface area contributed by atoms with E-state index in [1.54, 1.807) is 4.68 Å². The van der Waals surface area contributed by atoms with E-state index in [2.05, 4.69) is 10.3 Å². The second-order valence-electron chi connectivity index (χ2n) is 5.44. The summed E-state index contributed by atoms with van der Waals surface area (Å²) >= 11 is 0. The SMILES string of the molecule is Cc1cccc(-n2nnc(C=O)c2C(C)(C)C)c1. The average molecular weight is 243 g/mol. The second-order valence-corrected chi connectivity index (χ2v) is 5.44. The summed E-state index contributed by atoms with van der Waals surface area (Å²) in [5.41, 5.74) is 3.13. The molecular formula is C14H17N3O. The van der Waals surface area contributed by atoms with E-state index >= 15 is 0 Å². The lowest BCUT2D eigenvalue weighted by Gasteiger charge is -2.20. The third-order valence-corrected chi connectivity index (χ3v) is 2.76. The number of aldehydes is 1. The summed E-state index contributed by atoms with van der Waals surface area (Å²) in [6.45, 7) is 8.17. The second kappa shape index (κ2) is 4.37. The maximum absolute atomic E-state index is 11.1. The van der Waals surface area contributed by atoms with Crippen LogP contribution in [-0.4, -0.2) is 21.3 Å². The first-order valence-corrected chi connectivity index (χ1v) is 5.92. The van der Waals surface area contributed by atoms with Crippen LogP contribution in [0, 0.1) is 6.92 Å². The van der Waals surface area contributed by atoms with Crippen LogP contribution >= 0.6 is 0 Å². The highest BCUT2D eigenvalue weighted by Gasteiger charge is 2.25. The number of carbonyl (C=O) groups excluding carboxylic acids is 1. The molecule has 0 amide bonds. The molecular weight excluding hydrogens is 226 g/mol. The smallest absolute Gasteiger partial charge is 0.172 e. The lowest BCUT2D eigenvalue weighted by atomic mass is 9.90. The van der Waals surface area contributed by atoms with Gasteiger partial charge in [-0.3, -0.25) is 4.79 Å². The van der Waals surface area contributed by atoms with E-state index in [0.29, 0.717) is 5.69 Å². The molecule has 0 atom stereocenters. The minimum absolute atomic E-state index is 0.191. The number of hydrogen-bond donors (Lipinski definition) is 0. The van der Waals surface area contributed by atoms with Gasteiger partial charge < -0.3 is 0 Å². The van der Waals surface area contributed by atoms with Crippen molar-refractivity contribution in [3.63, 3.8) is 0 Å². The molecule has 94 valence electrons. The van der Waals surface area contributed by atoms with Crippen LogP contribution in [0.25, 0.3) is 5.69 Å². The molecule has 0 unspecified atom stereocenters. The molecule has 2 rings (SSSR count). The predicted molar refractivity (Wildman–Crippen MR) is 70.2 cm³/mol. The van der Waals surface area contributed by atoms with Gasteiger partial charge in [0.2, 0.25) is 0 Å². The molecule has 0 aliphatic heterocycles. The Morgan fingerprint density at radius 3 is 2.56 bits per heavy atom. The Labute approximate surface area is 107 Å². The molecule has 4 heteroatoms. The highest BCUT2D eigenvalue weighted by Crippen LogP contribution is 2.26. The van der Waals surface area contributed by atoms with E-state index < -0.39 is 0 Å². The van der Waals surface area contributed by atoms with Crippen LogP contribution in [0.15, 0.2) is 24.3 Å². The Kier molecular flexibility index (Phi) is 3.03. The van der Waals surface area contributed by atoms with Crippen LogP contribution in [0.5, 0.6) is 0 Å². The highest BCUT2D eigenvalue weighted by molar-refractivity contribution is 5.74. The van der Waals surface area contributed by atoms with Crippen molar-refractivity contribution in [2.75, 3.05) is 0 Å². The molecule has 0 saturated carbocycles. The largest absolute Gasteiger partial charge is 0.296 e. The van der Waals surface area contributed by atoms with Gasteiger partial charge in [0.1, 0.15) is 5.69 Å². The summed E-state index contributed by atoms with van der Waals surface area (Å²) in [5.74, 6) is 0. The van der Waals surface area contributed by atoms with Crippen LogP contribution < -0.4 is 0 Å². The van der Waals surface area contributed by atoms with Gasteiger partial charge in [-0.1, -0.05) is 38.1 Å². The van der Waals surface area contributed by atoms with Crippen molar-refractivity contribution in [2.24, 2.45) is 0 Å². The molecule has 0 N–H and O–H groups in total. The molecule has 0 fully saturated rings. The summed E-state index contributed by atoms with van der Waals surface area (Å²) < 4.78 is 1.75. The number of hydrogen-bond acceptors (Lipinski definition) is 3. The van der Waals surface area contributed by atoms with E-state index in [4.69, 9.17) is 0 Å². The fraction of sp³-hybridized carbons (Fsp3) is 0.357. The number of rotatable bonds is 2. The maximum Gasteiger partial charge on any atom is 0.172 e. The van der Waals surface area contributed by atoms with E-state index in [-0.39, 0.29) is 5.41 Å². The lowest BCUT2D eigenvalue weighted by Crippen LogP contribution is -2.19. The standard InChI is InChI=1S/C14H17N3O/c1-10-6-5-7-11(8-10)17-13(14(2,3)4)12(9-18)15-16-17/h5-9H,1-4H3. The quantitative estimate of drug-likeness (QED) is 0.762. The van der Waals surface area contributed by atoms with E-state index in [0.717, 1.165) is 23.2 Å². The Balaban J connectivity index is 2.65. The molecule has 4 nitrogen and oxygen atoms in total. The number of benzene rings is 1. The van der Waals surface area contributed by atoms with E-state index in [9.17, 15) is 4.79 Å². The molecule has 2 aromatic rings. The van der Waals surface area contributed by atoms with Gasteiger partial charge in [0.25, 0.3) is 0 Å². The zero-order valence-electron chi connectivity index (χ0n) is 11.1. The van der Waals surface area contributed by atoms with Crippen molar-refractivity contribution in [2.45, 2.75) is 33.1 Å². The van der Waals surface area contributed by atoms with Crippen molar-refractivity contribution in [3.05, 3.63) is 41.2 Å². The molecule has 1 heterocycles. The summed E-state index contributed by atoms with van der Waals surface area (Å²) in [6, 6.07) is 7.99. The lowest BCUT2D eigenvalue weighted by molar-refractivity contribution is 0.111. The molecule has 0 radical (unpaired) electrons. The number of carbonyl (C=O) groups is 1. The molecule has 0 aliphatic rings. The van der Waals surface area contributed by atoms with Crippen molar-refractivity contribution in [3.8, 4) is 5.69 Å². The van der Waals surface area contributed by atoms with Crippen LogP contribution in [0.1, 0.15) is 42.5 Å². The van der Waals surface area contributed by atoms with E-state index in [1.807, 2.05) is 52.0 Å². The van der Waals surface area contributed by atoms with Crippen LogP contribution in [-0.2, 0) is 5.41 Å². The Morgan fingerprint density at radius 1 is 1.28 bits per heavy atom. The maximum atomic E-state index is 11.1. The fourth-order valence-corrected chi connectivity index (χ4v) is 2.02. The molecule has 18 heavy (non-hydrogen) atoms. The molecule has 0 bridgehead atoms. The van der Waals surface area contributed by atoms with Gasteiger partial charge in [0.15, 0.2) is 6.29 Å². The fourth-order valence-electron chi connectivity index (χ4n) is 2.02. The van der Waals surface area contributed by atoms with Crippen molar-refractivity contribution in [1.82, 2.24) is 15.0 Å². The molecule has 0 saturated heterocycles. The Morgan fingerprint density at radius 2 is 2.00 bits per heavy atom. The minimum atomic E-state index is -0.191. The number of aryl methyl sites for hydroxylation is 1. The summed E-state index contributed by atoms with van der Waals surface area (Å²) in [7, 11) is 0. The topological polar surface area (TPSA) is 47.8 Å². The van der Waals surface area contributed by atoms with Crippen molar-refractivity contribution >= 4 is 6.29 Å². The Hall–Kier alpha value is -1.97. The Bertz CT molecular complexity index is 579. The summed E-state index contributed by atoms with van der Waals surface area (Å²) in [4.78, 5) is 11.1. The first-order valence-electron chi connectivity index (χ1n) is 5.92. The monoisotopic (exact) mass is 243 g/mol. The van der Waals surface area contributed by atoms with Gasteiger partial charge >= 0.3 is 0 Å². The van der Waals surface area contributed by atoms with Crippen LogP contribution in [0.2, 0.25) is 0 Å². The molecule has 0 aliphatic carbocycles. The number of aromatic nitrogens is 3. The van der Waals surface area contributed by atoms with Gasteiger partial charge in [-0.2, -0.15) is 0 Å². The third-order valence-electron chi connectivity index (χ3n) is 2.76. The van der Waals surface area contributed by atoms with Gasteiger partial charge in [-0.05, 0) is 24.6 Å². The first-order chi connectivity index (χ1) is 8.43. The van der Waals surface area contributed by atoms with Crippen LogP contribution in [0.3, 0.4) is 0 Å². The molecule has 1 aromatic carbocycles.